The topological polar surface area (TPSA) is 77.3 Å². The zero-order valence-corrected chi connectivity index (χ0v) is 22.4. The van der Waals surface area contributed by atoms with Crippen molar-refractivity contribution in [2.24, 2.45) is 0 Å². The lowest BCUT2D eigenvalue weighted by atomic mass is 9.94. The second-order valence-corrected chi connectivity index (χ2v) is 9.96. The minimum absolute atomic E-state index is 0.597. The summed E-state index contributed by atoms with van der Waals surface area (Å²) in [5.41, 5.74) is 6.99. The first kappa shape index (κ1) is 24.0. The molecule has 42 heavy (non-hydrogen) atoms. The molecule has 8 rings (SSSR count). The molecule has 0 atom stereocenters. The van der Waals surface area contributed by atoms with Crippen LogP contribution >= 0.6 is 0 Å². The van der Waals surface area contributed by atoms with Gasteiger partial charge in [0.05, 0.1) is 22.4 Å². The van der Waals surface area contributed by atoms with Gasteiger partial charge < -0.3 is 0 Å². The van der Waals surface area contributed by atoms with Crippen LogP contribution in [-0.2, 0) is 0 Å². The minimum Gasteiger partial charge on any atom is -0.253 e. The first-order valence-electron chi connectivity index (χ1n) is 13.7. The second kappa shape index (κ2) is 9.94. The number of hydrogen-bond acceptors (Lipinski definition) is 6. The Morgan fingerprint density at radius 1 is 0.333 bits per heavy atom. The molecule has 0 aliphatic rings. The number of fused-ring (bicyclic) bond motifs is 3. The van der Waals surface area contributed by atoms with Crippen LogP contribution in [0.15, 0.2) is 134 Å². The summed E-state index contributed by atoms with van der Waals surface area (Å²) in [4.78, 5) is 28.9. The van der Waals surface area contributed by atoms with Crippen molar-refractivity contribution >= 4 is 32.6 Å². The van der Waals surface area contributed by atoms with Crippen LogP contribution in [0.3, 0.4) is 0 Å². The highest BCUT2D eigenvalue weighted by Gasteiger charge is 2.18. The summed E-state index contributed by atoms with van der Waals surface area (Å²) in [7, 11) is 0. The molecule has 4 aromatic carbocycles. The Hall–Kier alpha value is -5.88. The smallest absolute Gasteiger partial charge is 0.179 e. The Bertz CT molecular complexity index is 2090. The average Bonchev–Trinajstić information content (AvgIpc) is 3.07. The van der Waals surface area contributed by atoms with Gasteiger partial charge in [0.2, 0.25) is 0 Å². The third-order valence-corrected chi connectivity index (χ3v) is 7.43. The minimum atomic E-state index is 0.597. The molecule has 4 aromatic heterocycles. The third kappa shape index (κ3) is 4.05. The van der Waals surface area contributed by atoms with Crippen LogP contribution in [0.25, 0.3) is 78.1 Å². The summed E-state index contributed by atoms with van der Waals surface area (Å²) >= 11 is 0. The molecule has 0 aliphatic heterocycles. The van der Waals surface area contributed by atoms with Gasteiger partial charge >= 0.3 is 0 Å². The van der Waals surface area contributed by atoms with Crippen LogP contribution in [-0.4, -0.2) is 29.9 Å². The molecule has 0 saturated heterocycles. The predicted molar refractivity (Wildman–Crippen MR) is 167 cm³/mol. The van der Waals surface area contributed by atoms with E-state index in [0.717, 1.165) is 66.5 Å². The van der Waals surface area contributed by atoms with Crippen molar-refractivity contribution in [2.45, 2.75) is 0 Å². The molecule has 4 heterocycles. The number of nitrogens with zero attached hydrogens (tertiary/aromatic N) is 6. The zero-order valence-electron chi connectivity index (χ0n) is 22.4. The summed E-state index contributed by atoms with van der Waals surface area (Å²) in [5, 5.41) is 4.13. The molecule has 0 fully saturated rings. The molecule has 0 spiro atoms. The third-order valence-electron chi connectivity index (χ3n) is 7.43. The molecule has 6 heteroatoms. The van der Waals surface area contributed by atoms with E-state index in [1.54, 1.807) is 12.4 Å². The van der Waals surface area contributed by atoms with Gasteiger partial charge in [-0.1, -0.05) is 84.9 Å². The lowest BCUT2D eigenvalue weighted by molar-refractivity contribution is 1.18. The largest absolute Gasteiger partial charge is 0.253 e. The highest BCUT2D eigenvalue weighted by Crippen LogP contribution is 2.38. The maximum Gasteiger partial charge on any atom is 0.179 e. The summed E-state index contributed by atoms with van der Waals surface area (Å²) < 4.78 is 0. The monoisotopic (exact) mass is 538 g/mol. The summed E-state index contributed by atoms with van der Waals surface area (Å²) in [6.45, 7) is 0. The standard InChI is InChI=1S/C36H22N6/c1-3-17-29-27(11-1)33(41-35(39-29)31-19-5-7-21-37-31)25-15-9-14-24-23(25)13-10-16-26(24)34-28-12-2-4-18-30(28)40-36(42-34)32-20-6-8-22-38-32/h1-22H. The van der Waals surface area contributed by atoms with Crippen molar-refractivity contribution in [3.63, 3.8) is 0 Å². The number of para-hydroxylation sites is 2. The Morgan fingerprint density at radius 3 is 1.21 bits per heavy atom. The van der Waals surface area contributed by atoms with Crippen LogP contribution in [0.1, 0.15) is 0 Å². The molecule has 0 bridgehead atoms. The van der Waals surface area contributed by atoms with E-state index in [2.05, 4.69) is 58.5 Å². The van der Waals surface area contributed by atoms with E-state index in [9.17, 15) is 0 Å². The number of aromatic nitrogens is 6. The van der Waals surface area contributed by atoms with Gasteiger partial charge in [0.1, 0.15) is 11.4 Å². The van der Waals surface area contributed by atoms with Crippen molar-refractivity contribution in [2.75, 3.05) is 0 Å². The molecular weight excluding hydrogens is 516 g/mol. The van der Waals surface area contributed by atoms with E-state index in [-0.39, 0.29) is 0 Å². The molecule has 8 aromatic rings. The lowest BCUT2D eigenvalue weighted by Gasteiger charge is -2.14. The Labute approximate surface area is 241 Å². The normalized spacial score (nSPS) is 11.3. The summed E-state index contributed by atoms with van der Waals surface area (Å²) in [6.07, 6.45) is 3.53. The van der Waals surface area contributed by atoms with Gasteiger partial charge in [0.15, 0.2) is 11.6 Å². The number of benzene rings is 4. The van der Waals surface area contributed by atoms with Crippen LogP contribution in [0.5, 0.6) is 0 Å². The fourth-order valence-corrected chi connectivity index (χ4v) is 5.51. The van der Waals surface area contributed by atoms with Gasteiger partial charge in [-0.15, -0.1) is 0 Å². The van der Waals surface area contributed by atoms with Crippen molar-refractivity contribution in [1.29, 1.82) is 0 Å². The van der Waals surface area contributed by atoms with Crippen LogP contribution in [0.2, 0.25) is 0 Å². The van der Waals surface area contributed by atoms with E-state index in [4.69, 9.17) is 19.9 Å². The first-order chi connectivity index (χ1) is 20.8. The fourth-order valence-electron chi connectivity index (χ4n) is 5.51. The molecule has 0 saturated carbocycles. The van der Waals surface area contributed by atoms with Gasteiger partial charge in [-0.05, 0) is 47.2 Å². The fraction of sp³-hybridized carbons (Fsp3) is 0. The lowest BCUT2D eigenvalue weighted by Crippen LogP contribution is -1.98. The second-order valence-electron chi connectivity index (χ2n) is 9.96. The average molecular weight is 539 g/mol. The summed E-state index contributed by atoms with van der Waals surface area (Å²) in [5.74, 6) is 1.19. The summed E-state index contributed by atoms with van der Waals surface area (Å²) in [6, 6.07) is 40.6. The maximum atomic E-state index is 5.09. The van der Waals surface area contributed by atoms with Gasteiger partial charge in [0.25, 0.3) is 0 Å². The van der Waals surface area contributed by atoms with Gasteiger partial charge in [-0.25, -0.2) is 19.9 Å². The van der Waals surface area contributed by atoms with Crippen LogP contribution < -0.4 is 0 Å². The van der Waals surface area contributed by atoms with E-state index < -0.39 is 0 Å². The van der Waals surface area contributed by atoms with Crippen molar-refractivity contribution in [3.8, 4) is 45.6 Å². The number of rotatable bonds is 4. The van der Waals surface area contributed by atoms with Gasteiger partial charge in [-0.3, -0.25) is 9.97 Å². The molecule has 0 N–H and O–H groups in total. The van der Waals surface area contributed by atoms with E-state index >= 15 is 0 Å². The molecule has 0 radical (unpaired) electrons. The Morgan fingerprint density at radius 2 is 0.762 bits per heavy atom. The van der Waals surface area contributed by atoms with Crippen molar-refractivity contribution < 1.29 is 0 Å². The van der Waals surface area contributed by atoms with Crippen LogP contribution in [0, 0.1) is 0 Å². The molecule has 0 aliphatic carbocycles. The van der Waals surface area contributed by atoms with E-state index in [1.807, 2.05) is 72.8 Å². The quantitative estimate of drug-likeness (QED) is 0.225. The molecule has 0 amide bonds. The van der Waals surface area contributed by atoms with Crippen molar-refractivity contribution in [1.82, 2.24) is 29.9 Å². The van der Waals surface area contributed by atoms with E-state index in [0.29, 0.717) is 11.6 Å². The molecule has 6 nitrogen and oxygen atoms in total. The van der Waals surface area contributed by atoms with E-state index in [1.165, 1.54) is 0 Å². The van der Waals surface area contributed by atoms with Gasteiger partial charge in [-0.2, -0.15) is 0 Å². The SMILES string of the molecule is c1ccc(-c2nc(-c3cccc4c(-c5nc(-c6ccccn6)nc6ccccc56)cccc34)c3ccccc3n2)nc1. The zero-order chi connectivity index (χ0) is 27.9. The number of pyridine rings is 2. The predicted octanol–water partition coefficient (Wildman–Crippen LogP) is 8.18. The van der Waals surface area contributed by atoms with Gasteiger partial charge in [0, 0.05) is 34.3 Å². The van der Waals surface area contributed by atoms with Crippen LogP contribution in [0.4, 0.5) is 0 Å². The Kier molecular flexibility index (Phi) is 5.67. The highest BCUT2D eigenvalue weighted by atomic mass is 14.9. The molecular formula is C36H22N6. The molecule has 196 valence electrons. The van der Waals surface area contributed by atoms with Crippen molar-refractivity contribution in [3.05, 3.63) is 134 Å². The number of hydrogen-bond donors (Lipinski definition) is 0. The Balaban J connectivity index is 1.40. The first-order valence-corrected chi connectivity index (χ1v) is 13.7. The highest BCUT2D eigenvalue weighted by molar-refractivity contribution is 6.10. The molecule has 0 unspecified atom stereocenters. The maximum absolute atomic E-state index is 5.09.